The van der Waals surface area contributed by atoms with Crippen LogP contribution >= 0.6 is 0 Å². The molecule has 0 aromatic rings. The van der Waals surface area contributed by atoms with Crippen molar-refractivity contribution in [2.75, 3.05) is 19.6 Å². The lowest BCUT2D eigenvalue weighted by molar-refractivity contribution is -0.143. The topological polar surface area (TPSA) is 69.6 Å². The number of hydrogen-bond donors (Lipinski definition) is 2. The Hall–Kier alpha value is -1.10. The van der Waals surface area contributed by atoms with Gasteiger partial charge in [-0.25, -0.2) is 0 Å². The van der Waals surface area contributed by atoms with Crippen LogP contribution in [-0.4, -0.2) is 47.6 Å². The molecule has 19 heavy (non-hydrogen) atoms. The van der Waals surface area contributed by atoms with Gasteiger partial charge in [-0.05, 0) is 40.3 Å². The van der Waals surface area contributed by atoms with Gasteiger partial charge in [0.15, 0.2) is 0 Å². The lowest BCUT2D eigenvalue weighted by Gasteiger charge is -2.31. The number of carboxylic acids is 1. The second-order valence-electron chi connectivity index (χ2n) is 5.64. The molecule has 0 aliphatic rings. The van der Waals surface area contributed by atoms with E-state index in [0.29, 0.717) is 6.54 Å². The third-order valence-corrected chi connectivity index (χ3v) is 3.23. The maximum atomic E-state index is 12.1. The molecule has 1 amide bonds. The SMILES string of the molecule is CCCCN(CC)CC(C)(C)C(=O)NC(C)C(=O)O. The van der Waals surface area contributed by atoms with Crippen molar-refractivity contribution in [3.8, 4) is 0 Å². The first kappa shape index (κ1) is 17.9. The number of aliphatic carboxylic acids is 1. The fraction of sp³-hybridized carbons (Fsp3) is 0.857. The van der Waals surface area contributed by atoms with Gasteiger partial charge >= 0.3 is 5.97 Å². The highest BCUT2D eigenvalue weighted by atomic mass is 16.4. The summed E-state index contributed by atoms with van der Waals surface area (Å²) in [4.78, 5) is 25.1. The molecule has 0 spiro atoms. The summed E-state index contributed by atoms with van der Waals surface area (Å²) in [6, 6.07) is -0.850. The predicted octanol–water partition coefficient (Wildman–Crippen LogP) is 1.72. The molecular weight excluding hydrogens is 244 g/mol. The summed E-state index contributed by atoms with van der Waals surface area (Å²) in [5.74, 6) is -1.22. The molecule has 1 unspecified atom stereocenters. The first-order valence-corrected chi connectivity index (χ1v) is 7.00. The van der Waals surface area contributed by atoms with Crippen molar-refractivity contribution in [2.45, 2.75) is 53.5 Å². The average Bonchev–Trinajstić information content (AvgIpc) is 2.33. The lowest BCUT2D eigenvalue weighted by atomic mass is 9.91. The molecule has 5 nitrogen and oxygen atoms in total. The lowest BCUT2D eigenvalue weighted by Crippen LogP contribution is -2.49. The number of nitrogens with one attached hydrogen (secondary N) is 1. The van der Waals surface area contributed by atoms with Gasteiger partial charge in [0.05, 0.1) is 5.41 Å². The molecule has 112 valence electrons. The number of amides is 1. The normalized spacial score (nSPS) is 13.4. The molecule has 0 rings (SSSR count). The van der Waals surface area contributed by atoms with Crippen LogP contribution in [0.4, 0.5) is 0 Å². The predicted molar refractivity (Wildman–Crippen MR) is 76.0 cm³/mol. The molecule has 5 heteroatoms. The first-order chi connectivity index (χ1) is 8.74. The highest BCUT2D eigenvalue weighted by Crippen LogP contribution is 2.18. The van der Waals surface area contributed by atoms with Gasteiger partial charge in [0.1, 0.15) is 6.04 Å². The van der Waals surface area contributed by atoms with Crippen LogP contribution < -0.4 is 5.32 Å². The summed E-state index contributed by atoms with van der Waals surface area (Å²) in [5.41, 5.74) is -0.590. The Balaban J connectivity index is 4.49. The van der Waals surface area contributed by atoms with Crippen LogP contribution in [0.1, 0.15) is 47.5 Å². The largest absolute Gasteiger partial charge is 0.480 e. The number of nitrogens with zero attached hydrogens (tertiary/aromatic N) is 1. The third kappa shape index (κ3) is 6.57. The Labute approximate surface area is 116 Å². The Morgan fingerprint density at radius 1 is 1.32 bits per heavy atom. The summed E-state index contributed by atoms with van der Waals surface area (Å²) >= 11 is 0. The van der Waals surface area contributed by atoms with Crippen molar-refractivity contribution in [1.82, 2.24) is 10.2 Å². The first-order valence-electron chi connectivity index (χ1n) is 7.00. The fourth-order valence-corrected chi connectivity index (χ4v) is 1.82. The Bertz CT molecular complexity index is 303. The zero-order chi connectivity index (χ0) is 15.1. The zero-order valence-corrected chi connectivity index (χ0v) is 12.8. The number of hydrogen-bond acceptors (Lipinski definition) is 3. The quantitative estimate of drug-likeness (QED) is 0.670. The van der Waals surface area contributed by atoms with Crippen molar-refractivity contribution in [3.63, 3.8) is 0 Å². The van der Waals surface area contributed by atoms with Crippen LogP contribution in [0.2, 0.25) is 0 Å². The van der Waals surface area contributed by atoms with E-state index in [-0.39, 0.29) is 5.91 Å². The zero-order valence-electron chi connectivity index (χ0n) is 12.8. The van der Waals surface area contributed by atoms with Crippen LogP contribution in [0, 0.1) is 5.41 Å². The summed E-state index contributed by atoms with van der Waals surface area (Å²) < 4.78 is 0. The minimum absolute atomic E-state index is 0.211. The highest BCUT2D eigenvalue weighted by Gasteiger charge is 2.31. The van der Waals surface area contributed by atoms with Crippen LogP contribution in [-0.2, 0) is 9.59 Å². The Kier molecular flexibility index (Phi) is 7.68. The number of carbonyl (C=O) groups excluding carboxylic acids is 1. The molecule has 0 radical (unpaired) electrons. The summed E-state index contributed by atoms with van der Waals surface area (Å²) in [5, 5.41) is 11.4. The highest BCUT2D eigenvalue weighted by molar-refractivity contribution is 5.86. The van der Waals surface area contributed by atoms with Crippen LogP contribution in [0.3, 0.4) is 0 Å². The molecule has 0 fully saturated rings. The number of unbranched alkanes of at least 4 members (excludes halogenated alkanes) is 1. The smallest absolute Gasteiger partial charge is 0.325 e. The molecule has 0 aromatic heterocycles. The standard InChI is InChI=1S/C14H28N2O3/c1-6-8-9-16(7-2)10-14(4,5)13(19)15-11(3)12(17)18/h11H,6-10H2,1-5H3,(H,15,19)(H,17,18). The van der Waals surface area contributed by atoms with Gasteiger partial charge in [-0.2, -0.15) is 0 Å². The van der Waals surface area contributed by atoms with Gasteiger partial charge in [-0.15, -0.1) is 0 Å². The molecule has 0 saturated carbocycles. The van der Waals surface area contributed by atoms with Gasteiger partial charge in [-0.1, -0.05) is 20.3 Å². The monoisotopic (exact) mass is 272 g/mol. The number of carbonyl (C=O) groups is 2. The van der Waals surface area contributed by atoms with E-state index in [1.165, 1.54) is 6.92 Å². The maximum absolute atomic E-state index is 12.1. The van der Waals surface area contributed by atoms with Crippen molar-refractivity contribution in [3.05, 3.63) is 0 Å². The second-order valence-corrected chi connectivity index (χ2v) is 5.64. The van der Waals surface area contributed by atoms with Crippen molar-refractivity contribution in [1.29, 1.82) is 0 Å². The molecule has 0 aliphatic carbocycles. The second kappa shape index (κ2) is 8.15. The van der Waals surface area contributed by atoms with E-state index >= 15 is 0 Å². The minimum atomic E-state index is -1.01. The van der Waals surface area contributed by atoms with Crippen LogP contribution in [0.5, 0.6) is 0 Å². The number of rotatable bonds is 9. The summed E-state index contributed by atoms with van der Waals surface area (Å²) in [7, 11) is 0. The van der Waals surface area contributed by atoms with Gasteiger partial charge in [0, 0.05) is 6.54 Å². The van der Waals surface area contributed by atoms with E-state index in [1.807, 2.05) is 13.8 Å². The molecule has 0 heterocycles. The van der Waals surface area contributed by atoms with E-state index in [9.17, 15) is 9.59 Å². The molecule has 0 saturated heterocycles. The van der Waals surface area contributed by atoms with Gasteiger partial charge < -0.3 is 15.3 Å². The van der Waals surface area contributed by atoms with E-state index in [2.05, 4.69) is 24.1 Å². The maximum Gasteiger partial charge on any atom is 0.325 e. The summed E-state index contributed by atoms with van der Waals surface area (Å²) in [6.07, 6.45) is 2.23. The molecule has 0 aromatic carbocycles. The summed E-state index contributed by atoms with van der Waals surface area (Å²) in [6.45, 7) is 11.9. The van der Waals surface area contributed by atoms with Crippen molar-refractivity contribution < 1.29 is 14.7 Å². The van der Waals surface area contributed by atoms with E-state index in [4.69, 9.17) is 5.11 Å². The van der Waals surface area contributed by atoms with Crippen molar-refractivity contribution >= 4 is 11.9 Å². The Morgan fingerprint density at radius 3 is 2.32 bits per heavy atom. The van der Waals surface area contributed by atoms with Gasteiger partial charge in [0.25, 0.3) is 0 Å². The number of carboxylic acid groups (broad SMARTS) is 1. The van der Waals surface area contributed by atoms with Gasteiger partial charge in [-0.3, -0.25) is 9.59 Å². The average molecular weight is 272 g/mol. The molecule has 1 atom stereocenters. The molecule has 2 N–H and O–H groups in total. The molecule has 0 bridgehead atoms. The fourth-order valence-electron chi connectivity index (χ4n) is 1.82. The molecule has 0 aliphatic heterocycles. The minimum Gasteiger partial charge on any atom is -0.480 e. The van der Waals surface area contributed by atoms with Crippen molar-refractivity contribution in [2.24, 2.45) is 5.41 Å². The van der Waals surface area contributed by atoms with Crippen LogP contribution in [0.25, 0.3) is 0 Å². The third-order valence-electron chi connectivity index (χ3n) is 3.23. The van der Waals surface area contributed by atoms with Crippen LogP contribution in [0.15, 0.2) is 0 Å². The van der Waals surface area contributed by atoms with E-state index < -0.39 is 17.4 Å². The van der Waals surface area contributed by atoms with Gasteiger partial charge in [0.2, 0.25) is 5.91 Å². The van der Waals surface area contributed by atoms with E-state index in [0.717, 1.165) is 25.9 Å². The Morgan fingerprint density at radius 2 is 1.89 bits per heavy atom. The molecular formula is C14H28N2O3. The van der Waals surface area contributed by atoms with E-state index in [1.54, 1.807) is 0 Å².